The molecule has 0 atom stereocenters. The Labute approximate surface area is 288 Å². The van der Waals surface area contributed by atoms with E-state index in [4.69, 9.17) is 0 Å². The lowest BCUT2D eigenvalue weighted by atomic mass is 9.81. The number of para-hydroxylation sites is 1. The van der Waals surface area contributed by atoms with Crippen LogP contribution in [0.25, 0.3) is 66.8 Å². The zero-order valence-corrected chi connectivity index (χ0v) is 27.0. The van der Waals surface area contributed by atoms with Crippen molar-refractivity contribution >= 4 is 17.1 Å². The van der Waals surface area contributed by atoms with E-state index in [-0.39, 0.29) is 0 Å². The molecule has 0 unspecified atom stereocenters. The van der Waals surface area contributed by atoms with Crippen molar-refractivity contribution in [2.75, 3.05) is 4.90 Å². The molecule has 1 heteroatoms. The number of benzene rings is 8. The number of nitrogens with zero attached hydrogens (tertiary/aromatic N) is 1. The molecule has 1 aliphatic carbocycles. The van der Waals surface area contributed by atoms with Crippen LogP contribution in [0.15, 0.2) is 200 Å². The highest BCUT2D eigenvalue weighted by Gasteiger charge is 2.24. The van der Waals surface area contributed by atoms with E-state index in [0.29, 0.717) is 0 Å². The van der Waals surface area contributed by atoms with Crippen molar-refractivity contribution in [3.63, 3.8) is 0 Å². The van der Waals surface area contributed by atoms with Gasteiger partial charge in [0.1, 0.15) is 0 Å². The maximum absolute atomic E-state index is 2.42. The average molecular weight is 624 g/mol. The summed E-state index contributed by atoms with van der Waals surface area (Å²) >= 11 is 0. The van der Waals surface area contributed by atoms with Crippen LogP contribution in [-0.2, 0) is 0 Å². The van der Waals surface area contributed by atoms with Gasteiger partial charge >= 0.3 is 0 Å². The first-order valence-corrected chi connectivity index (χ1v) is 16.9. The second kappa shape index (κ2) is 12.3. The third-order valence-corrected chi connectivity index (χ3v) is 9.67. The molecule has 49 heavy (non-hydrogen) atoms. The van der Waals surface area contributed by atoms with E-state index in [1.54, 1.807) is 0 Å². The predicted octanol–water partition coefficient (Wildman–Crippen LogP) is 13.5. The fraction of sp³-hybridized carbons (Fsp3) is 0. The molecule has 9 rings (SSSR count). The Morgan fingerprint density at radius 3 is 1.12 bits per heavy atom. The van der Waals surface area contributed by atoms with Gasteiger partial charge in [-0.1, -0.05) is 170 Å². The average Bonchev–Trinajstić information content (AvgIpc) is 3.19. The molecule has 0 spiro atoms. The minimum atomic E-state index is 1.10. The molecular weight excluding hydrogens is 591 g/mol. The van der Waals surface area contributed by atoms with E-state index in [2.05, 4.69) is 205 Å². The van der Waals surface area contributed by atoms with Gasteiger partial charge in [-0.25, -0.2) is 0 Å². The van der Waals surface area contributed by atoms with E-state index in [0.717, 1.165) is 17.1 Å². The molecule has 230 valence electrons. The smallest absolute Gasteiger partial charge is 0.0540 e. The van der Waals surface area contributed by atoms with E-state index >= 15 is 0 Å². The molecule has 8 aromatic carbocycles. The molecule has 0 radical (unpaired) electrons. The largest absolute Gasteiger partial charge is 0.310 e. The molecule has 0 bridgehead atoms. The first-order valence-electron chi connectivity index (χ1n) is 16.9. The Bertz CT molecular complexity index is 2420. The molecule has 0 saturated carbocycles. The van der Waals surface area contributed by atoms with Gasteiger partial charge in [0.05, 0.1) is 5.69 Å². The zero-order valence-electron chi connectivity index (χ0n) is 27.0. The predicted molar refractivity (Wildman–Crippen MR) is 207 cm³/mol. The van der Waals surface area contributed by atoms with E-state index in [1.165, 1.54) is 66.8 Å². The van der Waals surface area contributed by atoms with Crippen molar-refractivity contribution in [1.82, 2.24) is 0 Å². The third kappa shape index (κ3) is 5.13. The summed E-state index contributed by atoms with van der Waals surface area (Å²) in [4.78, 5) is 2.42. The maximum Gasteiger partial charge on any atom is 0.0540 e. The highest BCUT2D eigenvalue weighted by Crippen LogP contribution is 2.50. The summed E-state index contributed by atoms with van der Waals surface area (Å²) in [6.07, 6.45) is 0. The summed E-state index contributed by atoms with van der Waals surface area (Å²) in [5.74, 6) is 0. The lowest BCUT2D eigenvalue weighted by Gasteiger charge is -2.30. The van der Waals surface area contributed by atoms with Gasteiger partial charge in [0.25, 0.3) is 0 Å². The Hall–Kier alpha value is -6.44. The van der Waals surface area contributed by atoms with Crippen molar-refractivity contribution < 1.29 is 0 Å². The fourth-order valence-electron chi connectivity index (χ4n) is 7.38. The molecule has 0 fully saturated rings. The fourth-order valence-corrected chi connectivity index (χ4v) is 7.38. The highest BCUT2D eigenvalue weighted by molar-refractivity contribution is 6.04. The van der Waals surface area contributed by atoms with E-state index in [9.17, 15) is 0 Å². The van der Waals surface area contributed by atoms with Gasteiger partial charge in [0.2, 0.25) is 0 Å². The topological polar surface area (TPSA) is 3.24 Å². The first kappa shape index (κ1) is 28.8. The van der Waals surface area contributed by atoms with Crippen molar-refractivity contribution in [2.24, 2.45) is 0 Å². The summed E-state index contributed by atoms with van der Waals surface area (Å²) in [6, 6.07) is 72.5. The molecule has 0 amide bonds. The zero-order chi connectivity index (χ0) is 32.6. The second-order valence-corrected chi connectivity index (χ2v) is 12.5. The minimum absolute atomic E-state index is 1.10. The van der Waals surface area contributed by atoms with Gasteiger partial charge in [-0.15, -0.1) is 0 Å². The van der Waals surface area contributed by atoms with Gasteiger partial charge in [-0.3, -0.25) is 0 Å². The van der Waals surface area contributed by atoms with Gasteiger partial charge in [0, 0.05) is 16.9 Å². The van der Waals surface area contributed by atoms with E-state index in [1.807, 2.05) is 0 Å². The Kier molecular flexibility index (Phi) is 7.22. The summed E-state index contributed by atoms with van der Waals surface area (Å²) in [5.41, 5.74) is 18.1. The molecule has 1 aliphatic rings. The summed E-state index contributed by atoms with van der Waals surface area (Å²) in [5, 5.41) is 0. The van der Waals surface area contributed by atoms with Gasteiger partial charge in [-0.2, -0.15) is 0 Å². The van der Waals surface area contributed by atoms with Crippen LogP contribution < -0.4 is 4.90 Å². The van der Waals surface area contributed by atoms with Gasteiger partial charge in [-0.05, 0) is 91.5 Å². The lowest BCUT2D eigenvalue weighted by Crippen LogP contribution is -2.11. The van der Waals surface area contributed by atoms with Gasteiger partial charge < -0.3 is 4.90 Å². The van der Waals surface area contributed by atoms with Crippen molar-refractivity contribution in [1.29, 1.82) is 0 Å². The quantitative estimate of drug-likeness (QED) is 0.184. The van der Waals surface area contributed by atoms with Crippen LogP contribution in [0.4, 0.5) is 17.1 Å². The maximum atomic E-state index is 2.42. The summed E-state index contributed by atoms with van der Waals surface area (Å²) < 4.78 is 0. The van der Waals surface area contributed by atoms with Crippen molar-refractivity contribution in [3.05, 3.63) is 200 Å². The Morgan fingerprint density at radius 1 is 0.224 bits per heavy atom. The highest BCUT2D eigenvalue weighted by atomic mass is 15.1. The standard InChI is InChI=1S/C48H33N/c1-3-15-34(16-4-1)35-27-29-37(30-28-35)49(48-26-14-13-19-39(48)36-17-5-2-6-18-36)38-31-32-46-44-24-10-9-22-42(44)40-20-7-8-21-41(40)43-23-11-12-25-45(43)47(46)33-38/h1-33H. The molecule has 0 aliphatic heterocycles. The molecule has 0 N–H and O–H groups in total. The lowest BCUT2D eigenvalue weighted by molar-refractivity contribution is 1.28. The number of fused-ring (bicyclic) bond motifs is 8. The summed E-state index contributed by atoms with van der Waals surface area (Å²) in [7, 11) is 0. The summed E-state index contributed by atoms with van der Waals surface area (Å²) in [6.45, 7) is 0. The van der Waals surface area contributed by atoms with Crippen LogP contribution in [0.3, 0.4) is 0 Å². The molecule has 0 heterocycles. The first-order chi connectivity index (χ1) is 24.3. The normalized spacial score (nSPS) is 11.3. The van der Waals surface area contributed by atoms with Crippen LogP contribution in [0.5, 0.6) is 0 Å². The van der Waals surface area contributed by atoms with Crippen LogP contribution in [0.1, 0.15) is 0 Å². The monoisotopic (exact) mass is 623 g/mol. The second-order valence-electron chi connectivity index (χ2n) is 12.5. The Morgan fingerprint density at radius 2 is 0.592 bits per heavy atom. The van der Waals surface area contributed by atoms with E-state index < -0.39 is 0 Å². The number of rotatable bonds is 5. The number of hydrogen-bond acceptors (Lipinski definition) is 1. The number of anilines is 3. The molecule has 8 aromatic rings. The third-order valence-electron chi connectivity index (χ3n) is 9.67. The van der Waals surface area contributed by atoms with Crippen LogP contribution >= 0.6 is 0 Å². The van der Waals surface area contributed by atoms with Crippen molar-refractivity contribution in [3.8, 4) is 66.8 Å². The number of hydrogen-bond donors (Lipinski definition) is 0. The van der Waals surface area contributed by atoms with Gasteiger partial charge in [0.15, 0.2) is 0 Å². The van der Waals surface area contributed by atoms with Crippen LogP contribution in [0, 0.1) is 0 Å². The SMILES string of the molecule is c1ccc(-c2ccc(N(c3ccc4c(c3)-c3ccccc3-c3ccccc3-c3ccccc3-4)c3ccccc3-c3ccccc3)cc2)cc1. The Balaban J connectivity index is 1.29. The molecule has 0 saturated heterocycles. The molecule has 1 nitrogen and oxygen atoms in total. The van der Waals surface area contributed by atoms with Crippen molar-refractivity contribution in [2.45, 2.75) is 0 Å². The minimum Gasteiger partial charge on any atom is -0.310 e. The molecule has 0 aromatic heterocycles. The van der Waals surface area contributed by atoms with Crippen LogP contribution in [0.2, 0.25) is 0 Å². The van der Waals surface area contributed by atoms with Crippen LogP contribution in [-0.4, -0.2) is 0 Å². The molecular formula is C48H33N.